The van der Waals surface area contributed by atoms with Crippen molar-refractivity contribution in [3.63, 3.8) is 0 Å². The van der Waals surface area contributed by atoms with Crippen molar-refractivity contribution in [1.82, 2.24) is 9.29 Å². The highest BCUT2D eigenvalue weighted by Gasteiger charge is 2.21. The van der Waals surface area contributed by atoms with Gasteiger partial charge in [-0.1, -0.05) is 38.1 Å². The number of fused-ring (bicyclic) bond motifs is 1. The van der Waals surface area contributed by atoms with E-state index in [1.165, 1.54) is 4.31 Å². The number of sulfonamides is 1. The predicted molar refractivity (Wildman–Crippen MR) is 104 cm³/mol. The van der Waals surface area contributed by atoms with Crippen molar-refractivity contribution in [3.8, 4) is 0 Å². The van der Waals surface area contributed by atoms with Gasteiger partial charge in [0.1, 0.15) is 5.69 Å². The SMILES string of the molecule is CCN(CC)S(=O)(=O)c1cccc(N=Nc2c(C)[nH]c3ccccc23)c1. The molecule has 0 aliphatic carbocycles. The normalized spacial score (nSPS) is 12.5. The van der Waals surface area contributed by atoms with Crippen LogP contribution in [-0.4, -0.2) is 30.8 Å². The molecule has 1 aromatic heterocycles. The Hall–Kier alpha value is -2.51. The molecule has 2 aromatic carbocycles. The Morgan fingerprint density at radius 2 is 1.73 bits per heavy atom. The molecule has 136 valence electrons. The number of aromatic nitrogens is 1. The first-order valence-electron chi connectivity index (χ1n) is 8.56. The fourth-order valence-corrected chi connectivity index (χ4v) is 4.42. The second kappa shape index (κ2) is 7.39. The Morgan fingerprint density at radius 3 is 2.46 bits per heavy atom. The van der Waals surface area contributed by atoms with Crippen LogP contribution in [0.3, 0.4) is 0 Å². The zero-order valence-electron chi connectivity index (χ0n) is 15.1. The number of aryl methyl sites for hydroxylation is 1. The van der Waals surface area contributed by atoms with Crippen molar-refractivity contribution in [2.45, 2.75) is 25.7 Å². The van der Waals surface area contributed by atoms with E-state index in [0.29, 0.717) is 18.8 Å². The lowest BCUT2D eigenvalue weighted by molar-refractivity contribution is 0.445. The van der Waals surface area contributed by atoms with Crippen LogP contribution >= 0.6 is 0 Å². The molecule has 6 nitrogen and oxygen atoms in total. The van der Waals surface area contributed by atoms with Gasteiger partial charge in [0.05, 0.1) is 10.6 Å². The summed E-state index contributed by atoms with van der Waals surface area (Å²) < 4.78 is 26.7. The third-order valence-electron chi connectivity index (χ3n) is 4.29. The van der Waals surface area contributed by atoms with E-state index in [1.807, 2.05) is 45.0 Å². The molecule has 0 aliphatic rings. The molecule has 3 rings (SSSR count). The number of aromatic amines is 1. The highest BCUT2D eigenvalue weighted by atomic mass is 32.2. The molecule has 0 bridgehead atoms. The molecule has 0 radical (unpaired) electrons. The average Bonchev–Trinajstić information content (AvgIpc) is 2.96. The molecular weight excluding hydrogens is 348 g/mol. The van der Waals surface area contributed by atoms with Crippen molar-refractivity contribution >= 4 is 32.3 Å². The van der Waals surface area contributed by atoms with E-state index in [0.717, 1.165) is 22.3 Å². The molecular formula is C19H22N4O2S. The summed E-state index contributed by atoms with van der Waals surface area (Å²) in [4.78, 5) is 3.50. The number of hydrogen-bond donors (Lipinski definition) is 1. The van der Waals surface area contributed by atoms with Crippen LogP contribution in [0.1, 0.15) is 19.5 Å². The molecule has 0 saturated carbocycles. The summed E-state index contributed by atoms with van der Waals surface area (Å²) in [5, 5.41) is 9.61. The molecule has 0 amide bonds. The van der Waals surface area contributed by atoms with Crippen LogP contribution in [0.5, 0.6) is 0 Å². The van der Waals surface area contributed by atoms with Gasteiger partial charge in [-0.05, 0) is 31.2 Å². The average molecular weight is 370 g/mol. The summed E-state index contributed by atoms with van der Waals surface area (Å²) in [5.74, 6) is 0. The summed E-state index contributed by atoms with van der Waals surface area (Å²) in [7, 11) is -3.51. The number of azo groups is 1. The van der Waals surface area contributed by atoms with Gasteiger partial charge in [-0.3, -0.25) is 0 Å². The number of hydrogen-bond acceptors (Lipinski definition) is 4. The second-order valence-electron chi connectivity index (χ2n) is 5.93. The Morgan fingerprint density at radius 1 is 1.00 bits per heavy atom. The smallest absolute Gasteiger partial charge is 0.243 e. The van der Waals surface area contributed by atoms with Gasteiger partial charge in [-0.2, -0.15) is 9.42 Å². The van der Waals surface area contributed by atoms with Crippen LogP contribution in [0, 0.1) is 6.92 Å². The van der Waals surface area contributed by atoms with Crippen LogP contribution in [0.15, 0.2) is 63.7 Å². The highest BCUT2D eigenvalue weighted by molar-refractivity contribution is 7.89. The Kier molecular flexibility index (Phi) is 5.20. The molecule has 1 heterocycles. The first-order valence-corrected chi connectivity index (χ1v) is 10.0. The summed E-state index contributed by atoms with van der Waals surface area (Å²) in [5.41, 5.74) is 3.18. The van der Waals surface area contributed by atoms with Crippen molar-refractivity contribution in [2.24, 2.45) is 10.2 Å². The van der Waals surface area contributed by atoms with E-state index < -0.39 is 10.0 Å². The predicted octanol–water partition coefficient (Wildman–Crippen LogP) is 4.92. The third-order valence-corrected chi connectivity index (χ3v) is 6.33. The molecule has 1 N–H and O–H groups in total. The molecule has 3 aromatic rings. The van der Waals surface area contributed by atoms with Gasteiger partial charge < -0.3 is 4.98 Å². The molecule has 0 saturated heterocycles. The van der Waals surface area contributed by atoms with Crippen LogP contribution in [0.2, 0.25) is 0 Å². The maximum atomic E-state index is 12.7. The Labute approximate surface area is 153 Å². The lowest BCUT2D eigenvalue weighted by atomic mass is 10.2. The summed E-state index contributed by atoms with van der Waals surface area (Å²) in [6.45, 7) is 6.45. The van der Waals surface area contributed by atoms with Crippen molar-refractivity contribution in [1.29, 1.82) is 0 Å². The van der Waals surface area contributed by atoms with Crippen LogP contribution in [-0.2, 0) is 10.0 Å². The monoisotopic (exact) mass is 370 g/mol. The Balaban J connectivity index is 1.96. The fourth-order valence-electron chi connectivity index (χ4n) is 2.92. The summed E-state index contributed by atoms with van der Waals surface area (Å²) >= 11 is 0. The lowest BCUT2D eigenvalue weighted by Crippen LogP contribution is -2.30. The van der Waals surface area contributed by atoms with Gasteiger partial charge in [0.2, 0.25) is 10.0 Å². The third kappa shape index (κ3) is 3.40. The summed E-state index contributed by atoms with van der Waals surface area (Å²) in [6, 6.07) is 14.5. The van der Waals surface area contributed by atoms with E-state index in [1.54, 1.807) is 24.3 Å². The second-order valence-corrected chi connectivity index (χ2v) is 7.87. The number of para-hydroxylation sites is 1. The maximum Gasteiger partial charge on any atom is 0.243 e. The maximum absolute atomic E-state index is 12.7. The van der Waals surface area contributed by atoms with Crippen LogP contribution < -0.4 is 0 Å². The lowest BCUT2D eigenvalue weighted by Gasteiger charge is -2.18. The standard InChI is InChI=1S/C19H22N4O2S/c1-4-23(5-2)26(24,25)16-10-8-9-15(13-16)21-22-19-14(3)20-18-12-7-6-11-17(18)19/h6-13,20H,4-5H2,1-3H3. The molecule has 0 atom stereocenters. The van der Waals surface area contributed by atoms with Crippen molar-refractivity contribution < 1.29 is 8.42 Å². The summed E-state index contributed by atoms with van der Waals surface area (Å²) in [6.07, 6.45) is 0. The van der Waals surface area contributed by atoms with E-state index in [4.69, 9.17) is 0 Å². The van der Waals surface area contributed by atoms with Gasteiger partial charge >= 0.3 is 0 Å². The molecule has 0 fully saturated rings. The number of nitrogens with zero attached hydrogens (tertiary/aromatic N) is 3. The topological polar surface area (TPSA) is 77.9 Å². The minimum Gasteiger partial charge on any atom is -0.357 e. The zero-order valence-corrected chi connectivity index (χ0v) is 15.9. The first kappa shape index (κ1) is 18.3. The van der Waals surface area contributed by atoms with Gasteiger partial charge in [0.25, 0.3) is 0 Å². The van der Waals surface area contributed by atoms with Crippen molar-refractivity contribution in [3.05, 3.63) is 54.2 Å². The molecule has 0 unspecified atom stereocenters. The van der Waals surface area contributed by atoms with Crippen molar-refractivity contribution in [2.75, 3.05) is 13.1 Å². The van der Waals surface area contributed by atoms with Crippen LogP contribution in [0.4, 0.5) is 11.4 Å². The number of nitrogens with one attached hydrogen (secondary N) is 1. The minimum atomic E-state index is -3.51. The van der Waals surface area contributed by atoms with E-state index in [-0.39, 0.29) is 4.90 Å². The van der Waals surface area contributed by atoms with Gasteiger partial charge in [0, 0.05) is 29.7 Å². The fraction of sp³-hybridized carbons (Fsp3) is 0.263. The quantitative estimate of drug-likeness (QED) is 0.625. The van der Waals surface area contributed by atoms with E-state index in [9.17, 15) is 8.42 Å². The zero-order chi connectivity index (χ0) is 18.7. The number of rotatable bonds is 6. The highest BCUT2D eigenvalue weighted by Crippen LogP contribution is 2.31. The van der Waals surface area contributed by atoms with Gasteiger partial charge in [-0.25, -0.2) is 8.42 Å². The van der Waals surface area contributed by atoms with Gasteiger partial charge in [-0.15, -0.1) is 5.11 Å². The molecule has 0 spiro atoms. The first-order chi connectivity index (χ1) is 12.5. The van der Waals surface area contributed by atoms with Crippen LogP contribution in [0.25, 0.3) is 10.9 Å². The largest absolute Gasteiger partial charge is 0.357 e. The minimum absolute atomic E-state index is 0.230. The van der Waals surface area contributed by atoms with E-state index in [2.05, 4.69) is 15.2 Å². The number of H-pyrrole nitrogens is 1. The molecule has 26 heavy (non-hydrogen) atoms. The number of benzene rings is 2. The molecule has 7 heteroatoms. The van der Waals surface area contributed by atoms with E-state index >= 15 is 0 Å². The Bertz CT molecular complexity index is 1050. The van der Waals surface area contributed by atoms with Gasteiger partial charge in [0.15, 0.2) is 0 Å². The molecule has 0 aliphatic heterocycles.